The van der Waals surface area contributed by atoms with Gasteiger partial charge in [-0.2, -0.15) is 5.10 Å². The molecule has 0 fully saturated rings. The highest BCUT2D eigenvalue weighted by atomic mass is 16.5. The fourth-order valence-corrected chi connectivity index (χ4v) is 1.29. The lowest BCUT2D eigenvalue weighted by Gasteiger charge is -2.29. The molecule has 0 bridgehead atoms. The van der Waals surface area contributed by atoms with E-state index in [-0.39, 0.29) is 5.54 Å². The predicted octanol–water partition coefficient (Wildman–Crippen LogP) is 2.68. The van der Waals surface area contributed by atoms with E-state index in [1.807, 2.05) is 31.6 Å². The van der Waals surface area contributed by atoms with E-state index in [1.54, 1.807) is 6.20 Å². The largest absolute Gasteiger partial charge is 0.288 e. The number of aryl methyl sites for hydroxylation is 1. The van der Waals surface area contributed by atoms with Crippen LogP contribution in [0.4, 0.5) is 5.69 Å². The summed E-state index contributed by atoms with van der Waals surface area (Å²) in [6, 6.07) is 0. The molecule has 0 amide bonds. The minimum atomic E-state index is -0.293. The number of nitrogens with zero attached hydrogens (tertiary/aromatic N) is 3. The van der Waals surface area contributed by atoms with Crippen molar-refractivity contribution in [3.05, 3.63) is 12.4 Å². The van der Waals surface area contributed by atoms with Crippen molar-refractivity contribution in [1.29, 1.82) is 0 Å². The van der Waals surface area contributed by atoms with Gasteiger partial charge in [0.15, 0.2) is 0 Å². The van der Waals surface area contributed by atoms with E-state index in [0.717, 1.165) is 25.1 Å². The highest BCUT2D eigenvalue weighted by Crippen LogP contribution is 2.20. The molecule has 1 aromatic rings. The van der Waals surface area contributed by atoms with Gasteiger partial charge < -0.3 is 0 Å². The summed E-state index contributed by atoms with van der Waals surface area (Å²) >= 11 is 0. The topological polar surface area (TPSA) is 41.3 Å². The Morgan fingerprint density at radius 1 is 1.47 bits per heavy atom. The highest BCUT2D eigenvalue weighted by Gasteiger charge is 2.20. The fourth-order valence-electron chi connectivity index (χ4n) is 1.29. The van der Waals surface area contributed by atoms with Crippen LogP contribution in [0.25, 0.3) is 0 Å². The number of hydroxylamine groups is 1. The number of hydrogen-bond donors (Lipinski definition) is 1. The van der Waals surface area contributed by atoms with Crippen LogP contribution in [0.1, 0.15) is 40.5 Å². The van der Waals surface area contributed by atoms with Crippen LogP contribution < -0.4 is 5.06 Å². The number of aromatic nitrogens is 2. The molecule has 15 heavy (non-hydrogen) atoms. The van der Waals surface area contributed by atoms with Gasteiger partial charge in [-0.3, -0.25) is 9.89 Å². The van der Waals surface area contributed by atoms with E-state index in [9.17, 15) is 5.21 Å². The lowest BCUT2D eigenvalue weighted by molar-refractivity contribution is 0.181. The van der Waals surface area contributed by atoms with Crippen molar-refractivity contribution in [3.8, 4) is 0 Å². The molecule has 4 nitrogen and oxygen atoms in total. The minimum Gasteiger partial charge on any atom is -0.288 e. The van der Waals surface area contributed by atoms with Crippen molar-refractivity contribution in [2.45, 2.75) is 52.6 Å². The van der Waals surface area contributed by atoms with E-state index in [1.165, 1.54) is 5.06 Å². The average Bonchev–Trinajstić information content (AvgIpc) is 2.60. The molecule has 0 atom stereocenters. The molecule has 0 saturated carbocycles. The molecule has 1 heterocycles. The molecule has 1 aromatic heterocycles. The van der Waals surface area contributed by atoms with Gasteiger partial charge in [0.05, 0.1) is 17.9 Å². The van der Waals surface area contributed by atoms with Gasteiger partial charge >= 0.3 is 0 Å². The summed E-state index contributed by atoms with van der Waals surface area (Å²) in [7, 11) is 0. The van der Waals surface area contributed by atoms with Crippen LogP contribution in [0.15, 0.2) is 12.4 Å². The maximum absolute atomic E-state index is 9.88. The lowest BCUT2D eigenvalue weighted by Crippen LogP contribution is -2.38. The Kier molecular flexibility index (Phi) is 3.74. The van der Waals surface area contributed by atoms with E-state index in [4.69, 9.17) is 0 Å². The van der Waals surface area contributed by atoms with Crippen molar-refractivity contribution in [1.82, 2.24) is 9.78 Å². The SMILES string of the molecule is CCCCn1cc(N(O)C(C)(C)C)cn1. The molecular weight excluding hydrogens is 190 g/mol. The molecule has 0 radical (unpaired) electrons. The molecule has 4 heteroatoms. The van der Waals surface area contributed by atoms with Gasteiger partial charge in [0.1, 0.15) is 5.69 Å². The third kappa shape index (κ3) is 3.23. The standard InChI is InChI=1S/C11H21N3O/c1-5-6-7-13-9-10(8-12-13)14(15)11(2,3)4/h8-9,15H,5-7H2,1-4H3. The molecule has 0 aliphatic heterocycles. The predicted molar refractivity (Wildman–Crippen MR) is 61.2 cm³/mol. The van der Waals surface area contributed by atoms with Crippen molar-refractivity contribution in [3.63, 3.8) is 0 Å². The van der Waals surface area contributed by atoms with Gasteiger partial charge in [-0.05, 0) is 27.2 Å². The molecule has 0 saturated heterocycles. The molecule has 0 spiro atoms. The summed E-state index contributed by atoms with van der Waals surface area (Å²) in [6.07, 6.45) is 5.83. The molecule has 0 aliphatic carbocycles. The number of anilines is 1. The third-order valence-electron chi connectivity index (χ3n) is 2.24. The van der Waals surface area contributed by atoms with Crippen molar-refractivity contribution >= 4 is 5.69 Å². The smallest absolute Gasteiger partial charge is 0.102 e. The number of unbranched alkanes of at least 4 members (excludes halogenated alkanes) is 1. The Labute approximate surface area is 91.5 Å². The van der Waals surface area contributed by atoms with Gasteiger partial charge in [0.25, 0.3) is 0 Å². The van der Waals surface area contributed by atoms with Crippen molar-refractivity contribution in [2.24, 2.45) is 0 Å². The second-order valence-corrected chi connectivity index (χ2v) is 4.80. The van der Waals surface area contributed by atoms with Gasteiger partial charge in [-0.1, -0.05) is 13.3 Å². The van der Waals surface area contributed by atoms with Crippen LogP contribution in [0, 0.1) is 0 Å². The Balaban J connectivity index is 2.67. The molecule has 1 N–H and O–H groups in total. The zero-order chi connectivity index (χ0) is 11.5. The molecule has 0 aromatic carbocycles. The zero-order valence-corrected chi connectivity index (χ0v) is 10.1. The molecule has 1 rings (SSSR count). The maximum atomic E-state index is 9.88. The molecule has 0 unspecified atom stereocenters. The summed E-state index contributed by atoms with van der Waals surface area (Å²) in [4.78, 5) is 0. The minimum absolute atomic E-state index is 0.293. The lowest BCUT2D eigenvalue weighted by atomic mass is 10.1. The number of hydrogen-bond acceptors (Lipinski definition) is 3. The highest BCUT2D eigenvalue weighted by molar-refractivity contribution is 5.41. The molecule has 0 aliphatic rings. The first-order valence-corrected chi connectivity index (χ1v) is 5.46. The quantitative estimate of drug-likeness (QED) is 0.778. The second-order valence-electron chi connectivity index (χ2n) is 4.80. The van der Waals surface area contributed by atoms with Gasteiger partial charge in [0, 0.05) is 6.54 Å². The zero-order valence-electron chi connectivity index (χ0n) is 10.1. The monoisotopic (exact) mass is 211 g/mol. The molecular formula is C11H21N3O. The first-order chi connectivity index (χ1) is 6.95. The summed E-state index contributed by atoms with van der Waals surface area (Å²) in [5.74, 6) is 0. The van der Waals surface area contributed by atoms with Crippen LogP contribution in [0.2, 0.25) is 0 Å². The second kappa shape index (κ2) is 4.66. The first-order valence-electron chi connectivity index (χ1n) is 5.46. The Bertz CT molecular complexity index is 301. The Morgan fingerprint density at radius 3 is 2.67 bits per heavy atom. The van der Waals surface area contributed by atoms with E-state index >= 15 is 0 Å². The van der Waals surface area contributed by atoms with Crippen molar-refractivity contribution in [2.75, 3.05) is 5.06 Å². The third-order valence-corrected chi connectivity index (χ3v) is 2.24. The maximum Gasteiger partial charge on any atom is 0.102 e. The van der Waals surface area contributed by atoms with E-state index in [0.29, 0.717) is 0 Å². The normalized spacial score (nSPS) is 11.8. The average molecular weight is 211 g/mol. The van der Waals surface area contributed by atoms with Crippen LogP contribution in [-0.4, -0.2) is 20.5 Å². The summed E-state index contributed by atoms with van der Waals surface area (Å²) < 4.78 is 1.87. The van der Waals surface area contributed by atoms with E-state index < -0.39 is 0 Å². The van der Waals surface area contributed by atoms with Crippen LogP contribution in [0.5, 0.6) is 0 Å². The van der Waals surface area contributed by atoms with Crippen LogP contribution >= 0.6 is 0 Å². The van der Waals surface area contributed by atoms with Gasteiger partial charge in [0.2, 0.25) is 0 Å². The van der Waals surface area contributed by atoms with Crippen molar-refractivity contribution < 1.29 is 5.21 Å². The van der Waals surface area contributed by atoms with E-state index in [2.05, 4.69) is 12.0 Å². The fraction of sp³-hybridized carbons (Fsp3) is 0.727. The van der Waals surface area contributed by atoms with Crippen LogP contribution in [0.3, 0.4) is 0 Å². The van der Waals surface area contributed by atoms with Gasteiger partial charge in [-0.25, -0.2) is 5.06 Å². The summed E-state index contributed by atoms with van der Waals surface area (Å²) in [5, 5.41) is 15.3. The van der Waals surface area contributed by atoms with Gasteiger partial charge in [-0.15, -0.1) is 0 Å². The van der Waals surface area contributed by atoms with Crippen LogP contribution in [-0.2, 0) is 6.54 Å². The summed E-state index contributed by atoms with van der Waals surface area (Å²) in [6.45, 7) is 8.93. The first kappa shape index (κ1) is 12.0. The number of rotatable bonds is 4. The Hall–Kier alpha value is -1.03. The Morgan fingerprint density at radius 2 is 2.13 bits per heavy atom. The molecule has 86 valence electrons. The summed E-state index contributed by atoms with van der Waals surface area (Å²) in [5.41, 5.74) is 0.456.